The highest BCUT2D eigenvalue weighted by Crippen LogP contribution is 2.23. The molecule has 0 bridgehead atoms. The van der Waals surface area contributed by atoms with Gasteiger partial charge in [0.15, 0.2) is 5.78 Å². The van der Waals surface area contributed by atoms with E-state index in [1.54, 1.807) is 12.1 Å². The van der Waals surface area contributed by atoms with Gasteiger partial charge in [-0.05, 0) is 30.2 Å². The van der Waals surface area contributed by atoms with Gasteiger partial charge < -0.3 is 0 Å². The molecule has 18 heavy (non-hydrogen) atoms. The Bertz CT molecular complexity index is 577. The summed E-state index contributed by atoms with van der Waals surface area (Å²) in [5.74, 6) is -0.505. The molecule has 0 aliphatic carbocycles. The number of carbonyl (C=O) groups is 1. The van der Waals surface area contributed by atoms with Crippen LogP contribution >= 0.6 is 22.9 Å². The van der Waals surface area contributed by atoms with Crippen LogP contribution in [0.5, 0.6) is 0 Å². The molecule has 0 radical (unpaired) electrons. The lowest BCUT2D eigenvalue weighted by molar-refractivity contribution is 0.0997. The molecule has 0 amide bonds. The smallest absolute Gasteiger partial charge is 0.177 e. The largest absolute Gasteiger partial charge is 0.293 e. The van der Waals surface area contributed by atoms with E-state index in [-0.39, 0.29) is 17.2 Å². The second kappa shape index (κ2) is 5.63. The molecule has 1 heterocycles. The van der Waals surface area contributed by atoms with E-state index in [2.05, 4.69) is 0 Å². The van der Waals surface area contributed by atoms with Crippen LogP contribution in [0, 0.1) is 5.82 Å². The molecule has 0 atom stereocenters. The topological polar surface area (TPSA) is 17.1 Å². The van der Waals surface area contributed by atoms with Gasteiger partial charge in [-0.2, -0.15) is 0 Å². The van der Waals surface area contributed by atoms with Gasteiger partial charge in [-0.3, -0.25) is 4.79 Å². The van der Waals surface area contributed by atoms with Crippen molar-refractivity contribution in [2.24, 2.45) is 0 Å². The molecule has 0 aliphatic heterocycles. The second-order valence-corrected chi connectivity index (χ2v) is 5.48. The molecule has 1 nitrogen and oxygen atoms in total. The normalized spacial score (nSPS) is 10.6. The Morgan fingerprint density at radius 1 is 1.33 bits per heavy atom. The van der Waals surface area contributed by atoms with Crippen LogP contribution in [0.2, 0.25) is 5.02 Å². The average Bonchev–Trinajstić information content (AvgIpc) is 2.83. The number of carbonyl (C=O) groups excluding carboxylic acids is 1. The zero-order chi connectivity index (χ0) is 13.1. The number of halogens is 2. The van der Waals surface area contributed by atoms with E-state index in [1.165, 1.54) is 22.3 Å². The lowest BCUT2D eigenvalue weighted by Gasteiger charge is -2.03. The summed E-state index contributed by atoms with van der Waals surface area (Å²) in [6.45, 7) is 2.05. The van der Waals surface area contributed by atoms with Crippen molar-refractivity contribution in [2.75, 3.05) is 0 Å². The van der Waals surface area contributed by atoms with E-state index in [4.69, 9.17) is 11.6 Å². The fourth-order valence-corrected chi connectivity index (χ4v) is 2.74. The van der Waals surface area contributed by atoms with Crippen molar-refractivity contribution in [2.45, 2.75) is 19.8 Å². The van der Waals surface area contributed by atoms with Gasteiger partial charge in [0, 0.05) is 11.3 Å². The van der Waals surface area contributed by atoms with Crippen molar-refractivity contribution in [3.8, 4) is 0 Å². The Balaban J connectivity index is 2.18. The summed E-state index contributed by atoms with van der Waals surface area (Å²) in [6, 6.07) is 8.30. The Labute approximate surface area is 114 Å². The number of thiophene rings is 1. The van der Waals surface area contributed by atoms with Gasteiger partial charge in [0.05, 0.1) is 9.90 Å². The molecule has 0 unspecified atom stereocenters. The van der Waals surface area contributed by atoms with Crippen molar-refractivity contribution in [1.29, 1.82) is 0 Å². The zero-order valence-electron chi connectivity index (χ0n) is 9.87. The van der Waals surface area contributed by atoms with Gasteiger partial charge in [0.25, 0.3) is 0 Å². The average molecular weight is 283 g/mol. The third-order valence-electron chi connectivity index (χ3n) is 2.67. The van der Waals surface area contributed by atoms with Crippen molar-refractivity contribution in [3.05, 3.63) is 56.5 Å². The maximum Gasteiger partial charge on any atom is 0.177 e. The third-order valence-corrected chi connectivity index (χ3v) is 4.36. The van der Waals surface area contributed by atoms with E-state index >= 15 is 0 Å². The van der Waals surface area contributed by atoms with Gasteiger partial charge in [0.1, 0.15) is 5.82 Å². The fraction of sp³-hybridized carbons (Fsp3) is 0.214. The number of Topliss-reactive ketones (excluding diaryl/α,β-unsaturated/α-hetero) is 1. The van der Waals surface area contributed by atoms with Gasteiger partial charge >= 0.3 is 0 Å². The van der Waals surface area contributed by atoms with Crippen LogP contribution in [0.15, 0.2) is 30.3 Å². The number of hydrogen-bond donors (Lipinski definition) is 0. The number of hydrogen-bond acceptors (Lipinski definition) is 2. The van der Waals surface area contributed by atoms with Gasteiger partial charge in [-0.1, -0.05) is 30.7 Å². The SMILES string of the molecule is CCc1ccc(C(=O)Cc2cccc(F)c2Cl)s1. The van der Waals surface area contributed by atoms with Crippen molar-refractivity contribution < 1.29 is 9.18 Å². The predicted molar refractivity (Wildman–Crippen MR) is 73.1 cm³/mol. The summed E-state index contributed by atoms with van der Waals surface area (Å²) in [7, 11) is 0. The zero-order valence-corrected chi connectivity index (χ0v) is 11.4. The molecule has 4 heteroatoms. The molecule has 0 saturated heterocycles. The van der Waals surface area contributed by atoms with Crippen LogP contribution in [0.1, 0.15) is 27.0 Å². The van der Waals surface area contributed by atoms with Gasteiger partial charge in [0.2, 0.25) is 0 Å². The standard InChI is InChI=1S/C14H12ClFOS/c1-2-10-6-7-13(18-10)12(17)8-9-4-3-5-11(16)14(9)15/h3-7H,2,8H2,1H3. The Kier molecular flexibility index (Phi) is 4.15. The van der Waals surface area contributed by atoms with E-state index in [1.807, 2.05) is 19.1 Å². The third kappa shape index (κ3) is 2.79. The molecule has 0 fully saturated rings. The molecule has 2 aromatic rings. The minimum Gasteiger partial charge on any atom is -0.293 e. The van der Waals surface area contributed by atoms with Crippen molar-refractivity contribution >= 4 is 28.7 Å². The highest BCUT2D eigenvalue weighted by Gasteiger charge is 2.13. The first-order valence-corrected chi connectivity index (χ1v) is 6.86. The second-order valence-electron chi connectivity index (χ2n) is 3.93. The maximum absolute atomic E-state index is 13.3. The van der Waals surface area contributed by atoms with Crippen LogP contribution in [0.25, 0.3) is 0 Å². The fourth-order valence-electron chi connectivity index (χ4n) is 1.66. The van der Waals surface area contributed by atoms with Gasteiger partial charge in [-0.15, -0.1) is 11.3 Å². The van der Waals surface area contributed by atoms with E-state index in [0.29, 0.717) is 10.4 Å². The molecule has 94 valence electrons. The number of aryl methyl sites for hydroxylation is 1. The molecule has 0 saturated carbocycles. The first-order valence-electron chi connectivity index (χ1n) is 5.66. The summed E-state index contributed by atoms with van der Waals surface area (Å²) < 4.78 is 13.3. The number of rotatable bonds is 4. The van der Waals surface area contributed by atoms with Crippen LogP contribution in [0.3, 0.4) is 0 Å². The lowest BCUT2D eigenvalue weighted by atomic mass is 10.1. The predicted octanol–water partition coefficient (Wildman–Crippen LogP) is 4.53. The highest BCUT2D eigenvalue weighted by molar-refractivity contribution is 7.14. The van der Waals surface area contributed by atoms with Gasteiger partial charge in [-0.25, -0.2) is 4.39 Å². The monoisotopic (exact) mass is 282 g/mol. The first-order chi connectivity index (χ1) is 8.61. The molecular weight excluding hydrogens is 271 g/mol. The quantitative estimate of drug-likeness (QED) is 0.753. The van der Waals surface area contributed by atoms with Crippen LogP contribution < -0.4 is 0 Å². The Hall–Kier alpha value is -1.19. The first kappa shape index (κ1) is 13.2. The van der Waals surface area contributed by atoms with E-state index in [0.717, 1.165) is 6.42 Å². The Morgan fingerprint density at radius 3 is 2.78 bits per heavy atom. The van der Waals surface area contributed by atoms with Crippen molar-refractivity contribution in [3.63, 3.8) is 0 Å². The summed E-state index contributed by atoms with van der Waals surface area (Å²) in [4.78, 5) is 13.9. The van der Waals surface area contributed by atoms with E-state index in [9.17, 15) is 9.18 Å². The molecule has 2 rings (SSSR count). The minimum absolute atomic E-state index is 0.0211. The minimum atomic E-state index is -0.484. The molecule has 0 N–H and O–H groups in total. The number of ketones is 1. The molecule has 1 aromatic heterocycles. The Morgan fingerprint density at radius 2 is 2.11 bits per heavy atom. The summed E-state index contributed by atoms with van der Waals surface area (Å²) in [5.41, 5.74) is 0.535. The number of benzene rings is 1. The summed E-state index contributed by atoms with van der Waals surface area (Å²) >= 11 is 7.32. The van der Waals surface area contributed by atoms with Crippen LogP contribution in [-0.2, 0) is 12.8 Å². The molecule has 1 aromatic carbocycles. The summed E-state index contributed by atoms with van der Waals surface area (Å²) in [6.07, 6.45) is 1.05. The molecular formula is C14H12ClFOS. The molecule has 0 aliphatic rings. The van der Waals surface area contributed by atoms with Crippen LogP contribution in [0.4, 0.5) is 4.39 Å². The highest BCUT2D eigenvalue weighted by atomic mass is 35.5. The maximum atomic E-state index is 13.3. The van der Waals surface area contributed by atoms with Crippen molar-refractivity contribution in [1.82, 2.24) is 0 Å². The molecule has 0 spiro atoms. The van der Waals surface area contributed by atoms with Crippen LogP contribution in [-0.4, -0.2) is 5.78 Å². The lowest BCUT2D eigenvalue weighted by Crippen LogP contribution is -2.02. The summed E-state index contributed by atoms with van der Waals surface area (Å²) in [5, 5.41) is 0.0399. The van der Waals surface area contributed by atoms with E-state index < -0.39 is 5.82 Å².